The summed E-state index contributed by atoms with van der Waals surface area (Å²) in [6, 6.07) is -4.93. The molecule has 0 aliphatic carbocycles. The van der Waals surface area contributed by atoms with Crippen LogP contribution >= 0.6 is 12.6 Å². The van der Waals surface area contributed by atoms with Crippen molar-refractivity contribution in [2.75, 3.05) is 18.9 Å². The number of hydrogen-bond donors (Lipinski definition) is 10. The van der Waals surface area contributed by atoms with Crippen molar-refractivity contribution in [3.8, 4) is 0 Å². The lowest BCUT2D eigenvalue weighted by molar-refractivity contribution is -0.142. The summed E-state index contributed by atoms with van der Waals surface area (Å²) < 4.78 is 0. The van der Waals surface area contributed by atoms with Gasteiger partial charge in [0.2, 0.25) is 17.7 Å². The summed E-state index contributed by atoms with van der Waals surface area (Å²) in [5, 5.41) is 26.0. The van der Waals surface area contributed by atoms with E-state index in [9.17, 15) is 29.4 Å². The number of thiol groups is 1. The van der Waals surface area contributed by atoms with Crippen LogP contribution in [-0.4, -0.2) is 92.9 Å². The number of aliphatic carboxylic acids is 1. The van der Waals surface area contributed by atoms with Gasteiger partial charge in [-0.2, -0.15) is 12.6 Å². The van der Waals surface area contributed by atoms with Crippen molar-refractivity contribution in [3.05, 3.63) is 18.2 Å². The molecule has 0 saturated carbocycles. The number of amides is 3. The third kappa shape index (κ3) is 10.1. The van der Waals surface area contributed by atoms with Crippen LogP contribution in [-0.2, 0) is 25.6 Å². The average molecular weight is 502 g/mol. The zero-order valence-electron chi connectivity index (χ0n) is 18.3. The number of aliphatic hydroxyl groups excluding tert-OH is 1. The van der Waals surface area contributed by atoms with E-state index in [0.29, 0.717) is 5.69 Å². The molecule has 34 heavy (non-hydrogen) atoms. The molecule has 12 N–H and O–H groups in total. The van der Waals surface area contributed by atoms with Crippen LogP contribution in [0.25, 0.3) is 0 Å². The monoisotopic (exact) mass is 501 g/mol. The molecular formula is C18H31N9O6S. The zero-order chi connectivity index (χ0) is 25.7. The quantitative estimate of drug-likeness (QED) is 0.0479. The number of imidazole rings is 1. The van der Waals surface area contributed by atoms with Crippen molar-refractivity contribution >= 4 is 42.3 Å². The minimum absolute atomic E-state index is 0.00827. The fourth-order valence-electron chi connectivity index (χ4n) is 2.69. The highest BCUT2D eigenvalue weighted by molar-refractivity contribution is 7.80. The molecule has 0 spiro atoms. The highest BCUT2D eigenvalue weighted by atomic mass is 32.1. The van der Waals surface area contributed by atoms with Crippen LogP contribution in [0.1, 0.15) is 18.5 Å². The van der Waals surface area contributed by atoms with Crippen LogP contribution in [0.15, 0.2) is 17.5 Å². The first-order chi connectivity index (χ1) is 16.1. The largest absolute Gasteiger partial charge is 0.480 e. The fourth-order valence-corrected chi connectivity index (χ4v) is 2.85. The molecule has 1 heterocycles. The summed E-state index contributed by atoms with van der Waals surface area (Å²) in [4.78, 5) is 59.4. The Morgan fingerprint density at radius 3 is 2.24 bits per heavy atom. The van der Waals surface area contributed by atoms with Gasteiger partial charge in [0.15, 0.2) is 5.96 Å². The maximum absolute atomic E-state index is 12.9. The van der Waals surface area contributed by atoms with Gasteiger partial charge in [-0.3, -0.25) is 19.4 Å². The van der Waals surface area contributed by atoms with E-state index in [0.717, 1.165) is 0 Å². The van der Waals surface area contributed by atoms with Crippen LogP contribution in [0.4, 0.5) is 0 Å². The Balaban J connectivity index is 2.93. The van der Waals surface area contributed by atoms with Gasteiger partial charge in [-0.15, -0.1) is 0 Å². The van der Waals surface area contributed by atoms with Crippen molar-refractivity contribution in [3.63, 3.8) is 0 Å². The summed E-state index contributed by atoms with van der Waals surface area (Å²) in [6.07, 6.45) is 3.00. The normalized spacial score (nSPS) is 14.2. The first kappa shape index (κ1) is 28.7. The summed E-state index contributed by atoms with van der Waals surface area (Å²) in [5.74, 6) is -3.82. The van der Waals surface area contributed by atoms with Crippen LogP contribution in [0.2, 0.25) is 0 Å². The molecule has 190 valence electrons. The number of rotatable bonds is 15. The Labute approximate surface area is 200 Å². The minimum Gasteiger partial charge on any atom is -0.480 e. The lowest BCUT2D eigenvalue weighted by Gasteiger charge is -2.24. The molecule has 0 radical (unpaired) electrons. The number of H-pyrrole nitrogens is 1. The molecular weight excluding hydrogens is 470 g/mol. The number of aliphatic imine (C=N–C) groups is 1. The number of aromatic nitrogens is 2. The predicted octanol–water partition coefficient (Wildman–Crippen LogP) is -4.21. The maximum atomic E-state index is 12.9. The van der Waals surface area contributed by atoms with Gasteiger partial charge in [0, 0.05) is 30.6 Å². The number of carboxylic acid groups (broad SMARTS) is 1. The molecule has 1 rings (SSSR count). The smallest absolute Gasteiger partial charge is 0.326 e. The van der Waals surface area contributed by atoms with Gasteiger partial charge in [-0.25, -0.2) is 9.78 Å². The van der Waals surface area contributed by atoms with E-state index in [-0.39, 0.29) is 37.5 Å². The fraction of sp³-hybridized carbons (Fsp3) is 0.556. The van der Waals surface area contributed by atoms with Crippen LogP contribution in [0, 0.1) is 0 Å². The van der Waals surface area contributed by atoms with Gasteiger partial charge in [0.05, 0.1) is 19.0 Å². The lowest BCUT2D eigenvalue weighted by Crippen LogP contribution is -2.58. The van der Waals surface area contributed by atoms with Gasteiger partial charge in [0.1, 0.15) is 18.1 Å². The molecule has 15 nitrogen and oxygen atoms in total. The molecule has 0 aliphatic heterocycles. The molecule has 1 aromatic rings. The van der Waals surface area contributed by atoms with Crippen molar-refractivity contribution in [1.82, 2.24) is 25.9 Å². The molecule has 3 amide bonds. The standard InChI is InChI=1S/C18H31N9O6S/c19-10(7-34)14(29)27-13(6-28)16(31)25-11(2-1-3-23-18(20)21)15(30)26-12(17(32)33)4-9-5-22-8-24-9/h5,8,10-13,28,34H,1-4,6-7,19H2,(H,22,24)(H,25,31)(H,26,30)(H,27,29)(H,32,33)(H4,20,21,23). The molecule has 0 aromatic carbocycles. The Morgan fingerprint density at radius 1 is 1.09 bits per heavy atom. The summed E-state index contributed by atoms with van der Waals surface area (Å²) >= 11 is 3.90. The number of guanidine groups is 1. The maximum Gasteiger partial charge on any atom is 0.326 e. The predicted molar refractivity (Wildman–Crippen MR) is 125 cm³/mol. The number of aromatic amines is 1. The highest BCUT2D eigenvalue weighted by Crippen LogP contribution is 2.04. The van der Waals surface area contributed by atoms with E-state index in [2.05, 4.69) is 43.5 Å². The summed E-state index contributed by atoms with van der Waals surface area (Å²) in [6.45, 7) is -0.619. The van der Waals surface area contributed by atoms with Crippen LogP contribution in [0.5, 0.6) is 0 Å². The van der Waals surface area contributed by atoms with E-state index in [1.807, 2.05) is 0 Å². The van der Waals surface area contributed by atoms with Crippen molar-refractivity contribution in [1.29, 1.82) is 0 Å². The zero-order valence-corrected chi connectivity index (χ0v) is 19.2. The topological polar surface area (TPSA) is 264 Å². The van der Waals surface area contributed by atoms with E-state index in [4.69, 9.17) is 17.2 Å². The Bertz CT molecular complexity index is 847. The molecule has 16 heteroatoms. The second-order valence-electron chi connectivity index (χ2n) is 7.22. The van der Waals surface area contributed by atoms with Gasteiger partial charge in [-0.1, -0.05) is 0 Å². The highest BCUT2D eigenvalue weighted by Gasteiger charge is 2.30. The third-order valence-corrected chi connectivity index (χ3v) is 4.91. The molecule has 4 unspecified atom stereocenters. The average Bonchev–Trinajstić information content (AvgIpc) is 3.30. The molecule has 4 atom stereocenters. The summed E-state index contributed by atoms with van der Waals surface area (Å²) in [5.41, 5.74) is 16.6. The first-order valence-corrected chi connectivity index (χ1v) is 10.9. The lowest BCUT2D eigenvalue weighted by atomic mass is 10.1. The van der Waals surface area contributed by atoms with Gasteiger partial charge < -0.3 is 48.3 Å². The van der Waals surface area contributed by atoms with E-state index >= 15 is 0 Å². The molecule has 1 aromatic heterocycles. The molecule has 0 saturated heterocycles. The van der Waals surface area contributed by atoms with Crippen LogP contribution < -0.4 is 33.2 Å². The minimum atomic E-state index is -1.40. The second kappa shape index (κ2) is 14.7. The van der Waals surface area contributed by atoms with Gasteiger partial charge >= 0.3 is 5.97 Å². The first-order valence-electron chi connectivity index (χ1n) is 10.2. The Morgan fingerprint density at radius 2 is 1.71 bits per heavy atom. The number of hydrogen-bond acceptors (Lipinski definition) is 9. The number of aliphatic hydroxyl groups is 1. The van der Waals surface area contributed by atoms with Gasteiger partial charge in [0.25, 0.3) is 0 Å². The van der Waals surface area contributed by atoms with Crippen molar-refractivity contribution < 1.29 is 29.4 Å². The van der Waals surface area contributed by atoms with E-state index in [1.165, 1.54) is 12.5 Å². The van der Waals surface area contributed by atoms with Crippen LogP contribution in [0.3, 0.4) is 0 Å². The van der Waals surface area contributed by atoms with Crippen molar-refractivity contribution in [2.24, 2.45) is 22.2 Å². The Kier molecular flexibility index (Phi) is 12.4. The molecule has 0 fully saturated rings. The number of nitrogens with one attached hydrogen (secondary N) is 4. The Hall–Kier alpha value is -3.37. The second-order valence-corrected chi connectivity index (χ2v) is 7.59. The van der Waals surface area contributed by atoms with Crippen molar-refractivity contribution in [2.45, 2.75) is 43.4 Å². The number of carbonyl (C=O) groups excluding carboxylic acids is 3. The van der Waals surface area contributed by atoms with E-state index in [1.54, 1.807) is 0 Å². The number of nitrogens with two attached hydrogens (primary N) is 3. The SMILES string of the molecule is NC(N)=NCCCC(NC(=O)C(CO)NC(=O)C(N)CS)C(=O)NC(Cc1cnc[nH]1)C(=O)O. The molecule has 0 aliphatic rings. The van der Waals surface area contributed by atoms with Gasteiger partial charge in [-0.05, 0) is 12.8 Å². The summed E-state index contributed by atoms with van der Waals surface area (Å²) in [7, 11) is 0. The number of carboxylic acids is 1. The molecule has 0 bridgehead atoms. The third-order valence-electron chi connectivity index (χ3n) is 4.52. The number of carbonyl (C=O) groups is 4. The van der Waals surface area contributed by atoms with E-state index < -0.39 is 54.5 Å². The number of nitrogens with zero attached hydrogens (tertiary/aromatic N) is 2.